The number of rotatable bonds is 6. The zero-order chi connectivity index (χ0) is 15.2. The van der Waals surface area contributed by atoms with Crippen LogP contribution in [0.1, 0.15) is 32.3 Å². The van der Waals surface area contributed by atoms with E-state index in [1.165, 1.54) is 5.06 Å². The smallest absolute Gasteiger partial charge is 0.325 e. The number of hydrogen-bond acceptors (Lipinski definition) is 5. The van der Waals surface area contributed by atoms with Crippen LogP contribution in [0.5, 0.6) is 0 Å². The fourth-order valence-corrected chi connectivity index (χ4v) is 3.36. The zero-order valence-corrected chi connectivity index (χ0v) is 14.0. The molecule has 0 aliphatic rings. The minimum Gasteiger partial charge on any atom is -0.369 e. The van der Waals surface area contributed by atoms with E-state index in [4.69, 9.17) is 17.1 Å². The van der Waals surface area contributed by atoms with E-state index in [0.29, 0.717) is 6.42 Å². The van der Waals surface area contributed by atoms with Gasteiger partial charge >= 0.3 is 5.97 Å². The van der Waals surface area contributed by atoms with Crippen molar-refractivity contribution >= 4 is 34.1 Å². The van der Waals surface area contributed by atoms with Gasteiger partial charge in [-0.3, -0.25) is 4.79 Å². The van der Waals surface area contributed by atoms with E-state index in [2.05, 4.69) is 13.8 Å². The molecular weight excluding hydrogens is 290 g/mol. The van der Waals surface area contributed by atoms with Gasteiger partial charge in [0.15, 0.2) is 0 Å². The van der Waals surface area contributed by atoms with Gasteiger partial charge in [0, 0.05) is 25.3 Å². The standard InChI is InChI=1S/C15H21NO2S2/c1-15(2,11-10-13(17)18-16(3)4)20-14(19)12-8-6-5-7-9-12/h5-9H,10-11H2,1-4H3. The van der Waals surface area contributed by atoms with E-state index in [9.17, 15) is 4.79 Å². The molecule has 0 saturated carbocycles. The highest BCUT2D eigenvalue weighted by atomic mass is 32.2. The molecule has 0 bridgehead atoms. The third-order valence-electron chi connectivity index (χ3n) is 2.59. The van der Waals surface area contributed by atoms with Crippen molar-refractivity contribution in [3.8, 4) is 0 Å². The molecule has 1 rings (SSSR count). The summed E-state index contributed by atoms with van der Waals surface area (Å²) in [6.45, 7) is 4.19. The van der Waals surface area contributed by atoms with Crippen molar-refractivity contribution in [2.24, 2.45) is 0 Å². The SMILES string of the molecule is CN(C)OC(=O)CCC(C)(C)SC(=S)c1ccccc1. The quantitative estimate of drug-likeness (QED) is 0.590. The fraction of sp³-hybridized carbons (Fsp3) is 0.467. The third-order valence-corrected chi connectivity index (χ3v) is 4.26. The molecule has 0 aliphatic heterocycles. The van der Waals surface area contributed by atoms with E-state index in [-0.39, 0.29) is 10.7 Å². The summed E-state index contributed by atoms with van der Waals surface area (Å²) in [5.41, 5.74) is 1.05. The molecule has 0 amide bonds. The van der Waals surface area contributed by atoms with Crippen molar-refractivity contribution in [1.29, 1.82) is 0 Å². The number of nitrogens with zero attached hydrogens (tertiary/aromatic N) is 1. The molecule has 5 heteroatoms. The molecule has 0 aliphatic carbocycles. The summed E-state index contributed by atoms with van der Waals surface area (Å²) < 4.78 is 0.759. The second kappa shape index (κ2) is 7.76. The first kappa shape index (κ1) is 17.1. The van der Waals surface area contributed by atoms with Crippen molar-refractivity contribution in [1.82, 2.24) is 5.06 Å². The number of carbonyl (C=O) groups excluding carboxylic acids is 1. The summed E-state index contributed by atoms with van der Waals surface area (Å²) in [5.74, 6) is -0.214. The van der Waals surface area contributed by atoms with Gasteiger partial charge in [0.25, 0.3) is 0 Å². The predicted octanol–water partition coefficient (Wildman–Crippen LogP) is 3.67. The lowest BCUT2D eigenvalue weighted by Crippen LogP contribution is -2.23. The van der Waals surface area contributed by atoms with Gasteiger partial charge in [-0.2, -0.15) is 0 Å². The van der Waals surface area contributed by atoms with Gasteiger partial charge in [0.2, 0.25) is 0 Å². The largest absolute Gasteiger partial charge is 0.369 e. The lowest BCUT2D eigenvalue weighted by atomic mass is 10.1. The van der Waals surface area contributed by atoms with Crippen LogP contribution in [0.2, 0.25) is 0 Å². The van der Waals surface area contributed by atoms with Crippen LogP contribution in [0.15, 0.2) is 30.3 Å². The first-order chi connectivity index (χ1) is 9.30. The zero-order valence-electron chi connectivity index (χ0n) is 12.4. The Kier molecular flexibility index (Phi) is 6.65. The van der Waals surface area contributed by atoms with Crippen molar-refractivity contribution in [3.05, 3.63) is 35.9 Å². The second-order valence-electron chi connectivity index (χ2n) is 5.29. The van der Waals surface area contributed by atoms with Gasteiger partial charge < -0.3 is 4.84 Å². The van der Waals surface area contributed by atoms with Gasteiger partial charge in [-0.25, -0.2) is 0 Å². The van der Waals surface area contributed by atoms with Crippen molar-refractivity contribution in [3.63, 3.8) is 0 Å². The van der Waals surface area contributed by atoms with E-state index in [1.54, 1.807) is 25.9 Å². The maximum atomic E-state index is 11.5. The summed E-state index contributed by atoms with van der Waals surface area (Å²) >= 11 is 7.08. The third kappa shape index (κ3) is 6.50. The van der Waals surface area contributed by atoms with E-state index in [0.717, 1.165) is 16.2 Å². The van der Waals surface area contributed by atoms with Crippen LogP contribution < -0.4 is 0 Å². The molecule has 1 aromatic rings. The van der Waals surface area contributed by atoms with Gasteiger partial charge in [-0.15, -0.1) is 16.8 Å². The average Bonchev–Trinajstić information content (AvgIpc) is 2.36. The molecule has 20 heavy (non-hydrogen) atoms. The Bertz CT molecular complexity index is 458. The summed E-state index contributed by atoms with van der Waals surface area (Å²) in [7, 11) is 3.39. The Labute approximate surface area is 130 Å². The Hall–Kier alpha value is -0.910. The second-order valence-corrected chi connectivity index (χ2v) is 7.68. The van der Waals surface area contributed by atoms with E-state index in [1.807, 2.05) is 30.3 Å². The topological polar surface area (TPSA) is 29.5 Å². The fourth-order valence-electron chi connectivity index (χ4n) is 1.59. The van der Waals surface area contributed by atoms with Crippen molar-refractivity contribution in [2.75, 3.05) is 14.1 Å². The number of thioether (sulfide) groups is 1. The molecule has 0 unspecified atom stereocenters. The molecule has 1 aromatic carbocycles. The molecule has 0 fully saturated rings. The Morgan fingerprint density at radius 1 is 1.30 bits per heavy atom. The predicted molar refractivity (Wildman–Crippen MR) is 88.8 cm³/mol. The number of hydroxylamine groups is 2. The van der Waals surface area contributed by atoms with E-state index < -0.39 is 0 Å². The average molecular weight is 311 g/mol. The highest BCUT2D eigenvalue weighted by Gasteiger charge is 2.23. The Balaban J connectivity index is 2.49. The molecule has 0 N–H and O–H groups in total. The van der Waals surface area contributed by atoms with Gasteiger partial charge in [-0.1, -0.05) is 56.4 Å². The summed E-state index contributed by atoms with van der Waals surface area (Å²) in [6, 6.07) is 9.93. The van der Waals surface area contributed by atoms with Gasteiger partial charge in [0.05, 0.1) is 4.20 Å². The van der Waals surface area contributed by atoms with Crippen LogP contribution in [-0.2, 0) is 9.63 Å². The maximum absolute atomic E-state index is 11.5. The van der Waals surface area contributed by atoms with Crippen LogP contribution in [-0.4, -0.2) is 34.1 Å². The molecule has 3 nitrogen and oxygen atoms in total. The van der Waals surface area contributed by atoms with Crippen molar-refractivity contribution < 1.29 is 9.63 Å². The number of benzene rings is 1. The minimum atomic E-state index is -0.214. The molecule has 0 aromatic heterocycles. The first-order valence-corrected chi connectivity index (χ1v) is 7.69. The molecule has 110 valence electrons. The van der Waals surface area contributed by atoms with Crippen LogP contribution in [0, 0.1) is 0 Å². The molecule has 0 heterocycles. The molecule has 0 spiro atoms. The number of carbonyl (C=O) groups is 1. The lowest BCUT2D eigenvalue weighted by Gasteiger charge is -2.24. The van der Waals surface area contributed by atoms with Crippen molar-refractivity contribution in [2.45, 2.75) is 31.4 Å². The Morgan fingerprint density at radius 2 is 1.90 bits per heavy atom. The maximum Gasteiger partial charge on any atom is 0.325 e. The normalized spacial score (nSPS) is 11.4. The highest BCUT2D eigenvalue weighted by molar-refractivity contribution is 8.24. The van der Waals surface area contributed by atoms with Crippen LogP contribution in [0.3, 0.4) is 0 Å². The monoisotopic (exact) mass is 311 g/mol. The summed E-state index contributed by atoms with van der Waals surface area (Å²) in [4.78, 5) is 16.5. The molecule has 0 saturated heterocycles. The lowest BCUT2D eigenvalue weighted by molar-refractivity contribution is -0.178. The molecule has 0 radical (unpaired) electrons. The van der Waals surface area contributed by atoms with Crippen LogP contribution >= 0.6 is 24.0 Å². The number of thiocarbonyl (C=S) groups is 1. The Morgan fingerprint density at radius 3 is 2.45 bits per heavy atom. The van der Waals surface area contributed by atoms with Crippen LogP contribution in [0.4, 0.5) is 0 Å². The number of hydrogen-bond donors (Lipinski definition) is 0. The highest BCUT2D eigenvalue weighted by Crippen LogP contribution is 2.33. The minimum absolute atomic E-state index is 0.0990. The van der Waals surface area contributed by atoms with Gasteiger partial charge in [-0.05, 0) is 12.0 Å². The first-order valence-electron chi connectivity index (χ1n) is 6.47. The molecular formula is C15H21NO2S2. The van der Waals surface area contributed by atoms with Gasteiger partial charge in [0.1, 0.15) is 0 Å². The van der Waals surface area contributed by atoms with Crippen LogP contribution in [0.25, 0.3) is 0 Å². The summed E-state index contributed by atoms with van der Waals surface area (Å²) in [5, 5.41) is 1.41. The molecule has 0 atom stereocenters. The summed E-state index contributed by atoms with van der Waals surface area (Å²) in [6.07, 6.45) is 1.10. The van der Waals surface area contributed by atoms with E-state index >= 15 is 0 Å².